The minimum absolute atomic E-state index is 0.0919. The molecule has 0 aliphatic rings. The van der Waals surface area contributed by atoms with E-state index < -0.39 is 5.97 Å². The quantitative estimate of drug-likeness (QED) is 0.790. The molecular formula is C14H17NO2. The first-order valence-electron chi connectivity index (χ1n) is 5.51. The molecule has 0 amide bonds. The van der Waals surface area contributed by atoms with Crippen molar-refractivity contribution in [1.82, 2.24) is 0 Å². The van der Waals surface area contributed by atoms with Crippen molar-refractivity contribution >= 4 is 11.7 Å². The van der Waals surface area contributed by atoms with Crippen molar-refractivity contribution in [3.63, 3.8) is 0 Å². The number of rotatable bonds is 5. The van der Waals surface area contributed by atoms with Gasteiger partial charge < -0.3 is 10.0 Å². The van der Waals surface area contributed by atoms with E-state index in [-0.39, 0.29) is 6.42 Å². The van der Waals surface area contributed by atoms with Crippen molar-refractivity contribution in [3.8, 4) is 12.3 Å². The molecule has 0 spiro atoms. The molecule has 0 bridgehead atoms. The Balaban J connectivity index is 2.89. The number of anilines is 1. The summed E-state index contributed by atoms with van der Waals surface area (Å²) in [5.74, 6) is 1.75. The number of hydrogen-bond donors (Lipinski definition) is 1. The zero-order valence-corrected chi connectivity index (χ0v) is 10.2. The fraction of sp³-hybridized carbons (Fsp3) is 0.357. The first-order chi connectivity index (χ1) is 8.02. The van der Waals surface area contributed by atoms with Gasteiger partial charge in [0.05, 0.1) is 13.0 Å². The smallest absolute Gasteiger partial charge is 0.305 e. The van der Waals surface area contributed by atoms with E-state index in [1.165, 1.54) is 0 Å². The van der Waals surface area contributed by atoms with Crippen LogP contribution in [0.15, 0.2) is 18.2 Å². The van der Waals surface area contributed by atoms with E-state index in [1.54, 1.807) is 0 Å². The zero-order valence-electron chi connectivity index (χ0n) is 10.2. The number of aliphatic carboxylic acids is 1. The molecule has 0 atom stereocenters. The van der Waals surface area contributed by atoms with Crippen LogP contribution in [0.5, 0.6) is 0 Å². The lowest BCUT2D eigenvalue weighted by Crippen LogP contribution is -2.26. The number of carbonyl (C=O) groups is 1. The van der Waals surface area contributed by atoms with E-state index in [4.69, 9.17) is 11.5 Å². The number of terminal acetylenes is 1. The number of benzene rings is 1. The number of hydrogen-bond acceptors (Lipinski definition) is 2. The maximum Gasteiger partial charge on any atom is 0.305 e. The second-order valence-electron chi connectivity index (χ2n) is 4.12. The third-order valence-corrected chi connectivity index (χ3v) is 2.45. The van der Waals surface area contributed by atoms with E-state index >= 15 is 0 Å². The van der Waals surface area contributed by atoms with Gasteiger partial charge in [-0.05, 0) is 37.1 Å². The maximum absolute atomic E-state index is 10.6. The first-order valence-corrected chi connectivity index (χ1v) is 5.51. The van der Waals surface area contributed by atoms with Crippen molar-refractivity contribution in [2.45, 2.75) is 20.3 Å². The van der Waals surface area contributed by atoms with E-state index in [0.717, 1.165) is 16.8 Å². The normalized spacial score (nSPS) is 9.71. The van der Waals surface area contributed by atoms with Crippen LogP contribution in [0.3, 0.4) is 0 Å². The third-order valence-electron chi connectivity index (χ3n) is 2.45. The zero-order chi connectivity index (χ0) is 12.8. The van der Waals surface area contributed by atoms with Crippen LogP contribution in [-0.2, 0) is 4.79 Å². The van der Waals surface area contributed by atoms with Crippen molar-refractivity contribution in [1.29, 1.82) is 0 Å². The second kappa shape index (κ2) is 5.95. The van der Waals surface area contributed by atoms with Crippen LogP contribution in [0.1, 0.15) is 17.5 Å². The molecule has 3 nitrogen and oxygen atoms in total. The topological polar surface area (TPSA) is 40.5 Å². The Morgan fingerprint density at radius 1 is 1.35 bits per heavy atom. The Morgan fingerprint density at radius 2 is 1.94 bits per heavy atom. The van der Waals surface area contributed by atoms with Crippen LogP contribution in [-0.4, -0.2) is 24.2 Å². The van der Waals surface area contributed by atoms with Gasteiger partial charge in [0.15, 0.2) is 0 Å². The number of aryl methyl sites for hydroxylation is 2. The van der Waals surface area contributed by atoms with E-state index in [2.05, 4.69) is 12.0 Å². The first kappa shape index (κ1) is 13.1. The van der Waals surface area contributed by atoms with Gasteiger partial charge in [-0.15, -0.1) is 6.42 Å². The predicted octanol–water partition coefficient (Wildman–Crippen LogP) is 2.22. The molecule has 0 aromatic heterocycles. The van der Waals surface area contributed by atoms with Gasteiger partial charge >= 0.3 is 5.97 Å². The third kappa shape index (κ3) is 4.20. The highest BCUT2D eigenvalue weighted by molar-refractivity contribution is 5.68. The lowest BCUT2D eigenvalue weighted by Gasteiger charge is -2.22. The molecule has 0 aliphatic carbocycles. The molecule has 0 heterocycles. The highest BCUT2D eigenvalue weighted by atomic mass is 16.4. The summed E-state index contributed by atoms with van der Waals surface area (Å²) < 4.78 is 0. The van der Waals surface area contributed by atoms with E-state index in [1.807, 2.05) is 30.9 Å². The molecule has 17 heavy (non-hydrogen) atoms. The highest BCUT2D eigenvalue weighted by Gasteiger charge is 2.08. The monoisotopic (exact) mass is 231 g/mol. The molecule has 0 saturated heterocycles. The Labute approximate surface area is 102 Å². The Bertz CT molecular complexity index is 426. The summed E-state index contributed by atoms with van der Waals surface area (Å²) in [6, 6.07) is 6.12. The maximum atomic E-state index is 10.6. The minimum Gasteiger partial charge on any atom is -0.481 e. The molecule has 0 aliphatic heterocycles. The average molecular weight is 231 g/mol. The van der Waals surface area contributed by atoms with Crippen LogP contribution in [0.4, 0.5) is 5.69 Å². The number of carboxylic acid groups (broad SMARTS) is 1. The fourth-order valence-corrected chi connectivity index (χ4v) is 1.77. The van der Waals surface area contributed by atoms with Gasteiger partial charge in [0.2, 0.25) is 0 Å². The lowest BCUT2D eigenvalue weighted by atomic mass is 10.1. The molecule has 0 fully saturated rings. The fourth-order valence-electron chi connectivity index (χ4n) is 1.77. The van der Waals surface area contributed by atoms with Gasteiger partial charge in [0.1, 0.15) is 0 Å². The summed E-state index contributed by atoms with van der Waals surface area (Å²) in [6.07, 6.45) is 5.40. The van der Waals surface area contributed by atoms with Gasteiger partial charge in [-0.1, -0.05) is 12.0 Å². The molecule has 1 N–H and O–H groups in total. The van der Waals surface area contributed by atoms with Crippen LogP contribution < -0.4 is 4.90 Å². The van der Waals surface area contributed by atoms with Crippen LogP contribution >= 0.6 is 0 Å². The summed E-state index contributed by atoms with van der Waals surface area (Å²) in [4.78, 5) is 12.5. The highest BCUT2D eigenvalue weighted by Crippen LogP contribution is 2.18. The van der Waals surface area contributed by atoms with Crippen molar-refractivity contribution in [3.05, 3.63) is 29.3 Å². The van der Waals surface area contributed by atoms with Gasteiger partial charge in [0, 0.05) is 12.2 Å². The van der Waals surface area contributed by atoms with Gasteiger partial charge in [-0.25, -0.2) is 0 Å². The van der Waals surface area contributed by atoms with Crippen molar-refractivity contribution in [2.75, 3.05) is 18.0 Å². The Kier molecular flexibility index (Phi) is 4.59. The number of nitrogens with zero attached hydrogens (tertiary/aromatic N) is 1. The largest absolute Gasteiger partial charge is 0.481 e. The van der Waals surface area contributed by atoms with Gasteiger partial charge in [-0.2, -0.15) is 0 Å². The van der Waals surface area contributed by atoms with Crippen LogP contribution in [0, 0.1) is 26.2 Å². The van der Waals surface area contributed by atoms with Gasteiger partial charge in [-0.3, -0.25) is 4.79 Å². The Hall–Kier alpha value is -1.95. The predicted molar refractivity (Wildman–Crippen MR) is 69.2 cm³/mol. The van der Waals surface area contributed by atoms with Crippen molar-refractivity contribution in [2.24, 2.45) is 0 Å². The molecule has 1 rings (SSSR count). The van der Waals surface area contributed by atoms with Crippen LogP contribution in [0.25, 0.3) is 0 Å². The molecule has 0 saturated carbocycles. The molecule has 90 valence electrons. The SMILES string of the molecule is C#CCN(CCC(=O)O)c1cc(C)cc(C)c1. The molecule has 0 radical (unpaired) electrons. The Morgan fingerprint density at radius 3 is 2.41 bits per heavy atom. The van der Waals surface area contributed by atoms with Crippen molar-refractivity contribution < 1.29 is 9.90 Å². The minimum atomic E-state index is -0.809. The summed E-state index contributed by atoms with van der Waals surface area (Å²) in [5.41, 5.74) is 3.29. The van der Waals surface area contributed by atoms with Crippen LogP contribution in [0.2, 0.25) is 0 Å². The summed E-state index contributed by atoms with van der Waals surface area (Å²) >= 11 is 0. The second-order valence-corrected chi connectivity index (χ2v) is 4.12. The van der Waals surface area contributed by atoms with E-state index in [9.17, 15) is 4.79 Å². The standard InChI is InChI=1S/C14H17NO2/c1-4-6-15(7-5-14(16)17)13-9-11(2)8-12(3)10-13/h1,8-10H,5-7H2,2-3H3,(H,16,17). The molecule has 3 heteroatoms. The molecule has 1 aromatic carbocycles. The summed E-state index contributed by atoms with van der Waals surface area (Å²) in [7, 11) is 0. The van der Waals surface area contributed by atoms with Gasteiger partial charge in [0.25, 0.3) is 0 Å². The summed E-state index contributed by atoms with van der Waals surface area (Å²) in [5, 5.41) is 8.71. The lowest BCUT2D eigenvalue weighted by molar-refractivity contribution is -0.136. The van der Waals surface area contributed by atoms with E-state index in [0.29, 0.717) is 13.1 Å². The number of carboxylic acids is 1. The summed E-state index contributed by atoms with van der Waals surface area (Å²) in [6.45, 7) is 4.89. The molecular weight excluding hydrogens is 214 g/mol. The molecule has 0 unspecified atom stereocenters. The average Bonchev–Trinajstić information content (AvgIpc) is 2.22. The molecule has 1 aromatic rings.